The first kappa shape index (κ1) is 16.4. The maximum atomic E-state index is 13.6. The van der Waals surface area contributed by atoms with Crippen molar-refractivity contribution in [1.29, 1.82) is 0 Å². The van der Waals surface area contributed by atoms with Crippen molar-refractivity contribution in [2.45, 2.75) is 31.6 Å². The third-order valence-corrected chi connectivity index (χ3v) is 3.99. The summed E-state index contributed by atoms with van der Waals surface area (Å²) in [5.74, 6) is -0.206. The van der Waals surface area contributed by atoms with Crippen LogP contribution in [0.25, 0.3) is 0 Å². The molecule has 1 amide bonds. The Morgan fingerprint density at radius 3 is 2.82 bits per heavy atom. The molecule has 0 fully saturated rings. The fourth-order valence-electron chi connectivity index (χ4n) is 1.81. The number of benzene rings is 1. The van der Waals surface area contributed by atoms with Crippen LogP contribution in [0.15, 0.2) is 29.4 Å². The van der Waals surface area contributed by atoms with E-state index in [0.717, 1.165) is 0 Å². The van der Waals surface area contributed by atoms with E-state index in [-0.39, 0.29) is 30.1 Å². The maximum Gasteiger partial charge on any atom is 0.233 e. The van der Waals surface area contributed by atoms with Crippen LogP contribution in [0.4, 0.5) is 4.39 Å². The van der Waals surface area contributed by atoms with Gasteiger partial charge in [-0.05, 0) is 30.3 Å². The summed E-state index contributed by atoms with van der Waals surface area (Å²) in [6, 6.07) is 6.57. The first-order chi connectivity index (χ1) is 10.5. The van der Waals surface area contributed by atoms with Crippen molar-refractivity contribution in [3.8, 4) is 0 Å². The van der Waals surface area contributed by atoms with Crippen LogP contribution in [0, 0.1) is 5.82 Å². The van der Waals surface area contributed by atoms with Crippen LogP contribution in [-0.2, 0) is 11.3 Å². The largest absolute Gasteiger partial charge is 0.341 e. The van der Waals surface area contributed by atoms with E-state index >= 15 is 0 Å². The highest BCUT2D eigenvalue weighted by atomic mass is 32.2. The minimum absolute atomic E-state index is 0.105. The number of tetrazole rings is 1. The van der Waals surface area contributed by atoms with Gasteiger partial charge in [-0.2, -0.15) is 0 Å². The number of hydrogen-bond donors (Lipinski definition) is 0. The molecule has 8 heteroatoms. The van der Waals surface area contributed by atoms with E-state index in [1.807, 2.05) is 13.8 Å². The molecular weight excluding hydrogens is 305 g/mol. The van der Waals surface area contributed by atoms with Crippen LogP contribution in [0.2, 0.25) is 0 Å². The summed E-state index contributed by atoms with van der Waals surface area (Å²) < 4.78 is 15.3. The van der Waals surface area contributed by atoms with E-state index in [2.05, 4.69) is 15.5 Å². The first-order valence-corrected chi connectivity index (χ1v) is 7.85. The standard InChI is InChI=1S/C14H18FN5OS/c1-10(2)20-14(16-17-18-20)22-9-13(21)19(3)8-11-6-4-5-7-12(11)15/h4-7,10H,8-9H2,1-3H3. The zero-order chi connectivity index (χ0) is 16.1. The predicted molar refractivity (Wildman–Crippen MR) is 81.8 cm³/mol. The SMILES string of the molecule is CC(C)n1nnnc1SCC(=O)N(C)Cc1ccccc1F. The Morgan fingerprint density at radius 2 is 2.14 bits per heavy atom. The average molecular weight is 323 g/mol. The number of nitrogens with zero attached hydrogens (tertiary/aromatic N) is 5. The summed E-state index contributed by atoms with van der Waals surface area (Å²) >= 11 is 1.28. The van der Waals surface area contributed by atoms with Crippen molar-refractivity contribution >= 4 is 17.7 Å². The second kappa shape index (κ2) is 7.35. The Kier molecular flexibility index (Phi) is 5.48. The number of rotatable bonds is 6. The van der Waals surface area contributed by atoms with Crippen LogP contribution >= 0.6 is 11.8 Å². The second-order valence-corrected chi connectivity index (χ2v) is 6.07. The van der Waals surface area contributed by atoms with Gasteiger partial charge in [0.05, 0.1) is 11.8 Å². The number of amides is 1. The highest BCUT2D eigenvalue weighted by molar-refractivity contribution is 7.99. The minimum Gasteiger partial charge on any atom is -0.341 e. The lowest BCUT2D eigenvalue weighted by Crippen LogP contribution is -2.28. The Morgan fingerprint density at radius 1 is 1.41 bits per heavy atom. The predicted octanol–water partition coefficient (Wildman–Crippen LogP) is 2.14. The van der Waals surface area contributed by atoms with Gasteiger partial charge < -0.3 is 4.90 Å². The van der Waals surface area contributed by atoms with Crippen LogP contribution in [0.1, 0.15) is 25.5 Å². The first-order valence-electron chi connectivity index (χ1n) is 6.87. The van der Waals surface area contributed by atoms with Crippen molar-refractivity contribution in [3.63, 3.8) is 0 Å². The van der Waals surface area contributed by atoms with Gasteiger partial charge in [0.1, 0.15) is 5.82 Å². The van der Waals surface area contributed by atoms with Crippen molar-refractivity contribution < 1.29 is 9.18 Å². The summed E-state index contributed by atoms with van der Waals surface area (Å²) in [6.07, 6.45) is 0. The molecule has 1 aromatic carbocycles. The van der Waals surface area contributed by atoms with Crippen molar-refractivity contribution in [1.82, 2.24) is 25.1 Å². The molecule has 1 heterocycles. The van der Waals surface area contributed by atoms with Gasteiger partial charge in [0.25, 0.3) is 0 Å². The lowest BCUT2D eigenvalue weighted by atomic mass is 10.2. The smallest absolute Gasteiger partial charge is 0.233 e. The molecule has 22 heavy (non-hydrogen) atoms. The lowest BCUT2D eigenvalue weighted by Gasteiger charge is -2.17. The average Bonchev–Trinajstić information content (AvgIpc) is 2.95. The molecule has 0 aliphatic rings. The van der Waals surface area contributed by atoms with E-state index < -0.39 is 0 Å². The van der Waals surface area contributed by atoms with E-state index in [1.54, 1.807) is 29.9 Å². The molecule has 118 valence electrons. The summed E-state index contributed by atoms with van der Waals surface area (Å²) in [4.78, 5) is 13.6. The fourth-order valence-corrected chi connectivity index (χ4v) is 2.76. The van der Waals surface area contributed by atoms with Gasteiger partial charge in [0.15, 0.2) is 0 Å². The molecule has 2 rings (SSSR count). The number of halogens is 1. The topological polar surface area (TPSA) is 63.9 Å². The van der Waals surface area contributed by atoms with Crippen molar-refractivity contribution in [3.05, 3.63) is 35.6 Å². The molecule has 0 radical (unpaired) electrons. The Hall–Kier alpha value is -1.96. The van der Waals surface area contributed by atoms with Crippen molar-refractivity contribution in [2.24, 2.45) is 0 Å². The van der Waals surface area contributed by atoms with E-state index in [9.17, 15) is 9.18 Å². The van der Waals surface area contributed by atoms with Crippen LogP contribution in [0.5, 0.6) is 0 Å². The third-order valence-electron chi connectivity index (χ3n) is 3.07. The molecule has 0 saturated heterocycles. The van der Waals surface area contributed by atoms with Crippen LogP contribution in [-0.4, -0.2) is 43.8 Å². The van der Waals surface area contributed by atoms with E-state index in [1.165, 1.54) is 22.7 Å². The molecule has 0 bridgehead atoms. The van der Waals surface area contributed by atoms with Crippen LogP contribution in [0.3, 0.4) is 0 Å². The van der Waals surface area contributed by atoms with Gasteiger partial charge in [-0.3, -0.25) is 4.79 Å². The third kappa shape index (κ3) is 4.03. The molecule has 0 aliphatic carbocycles. The number of aromatic nitrogens is 4. The Bertz CT molecular complexity index is 646. The summed E-state index contributed by atoms with van der Waals surface area (Å²) in [6.45, 7) is 4.17. The maximum absolute atomic E-state index is 13.6. The van der Waals surface area contributed by atoms with Gasteiger partial charge >= 0.3 is 0 Å². The number of hydrogen-bond acceptors (Lipinski definition) is 5. The highest BCUT2D eigenvalue weighted by Crippen LogP contribution is 2.18. The second-order valence-electron chi connectivity index (χ2n) is 5.13. The fraction of sp³-hybridized carbons (Fsp3) is 0.429. The van der Waals surface area contributed by atoms with Gasteiger partial charge in [-0.25, -0.2) is 9.07 Å². The molecule has 0 spiro atoms. The highest BCUT2D eigenvalue weighted by Gasteiger charge is 2.15. The number of carbonyl (C=O) groups excluding carboxylic acids is 1. The number of thioether (sulfide) groups is 1. The minimum atomic E-state index is -0.307. The zero-order valence-electron chi connectivity index (χ0n) is 12.7. The van der Waals surface area contributed by atoms with Crippen molar-refractivity contribution in [2.75, 3.05) is 12.8 Å². The summed E-state index contributed by atoms with van der Waals surface area (Å²) in [5.41, 5.74) is 0.496. The lowest BCUT2D eigenvalue weighted by molar-refractivity contribution is -0.127. The van der Waals surface area contributed by atoms with Gasteiger partial charge in [-0.1, -0.05) is 30.0 Å². The van der Waals surface area contributed by atoms with Crippen LogP contribution < -0.4 is 0 Å². The molecular formula is C14H18FN5OS. The molecule has 0 saturated carbocycles. The van der Waals surface area contributed by atoms with Gasteiger partial charge in [-0.15, -0.1) is 5.10 Å². The van der Waals surface area contributed by atoms with E-state index in [0.29, 0.717) is 10.7 Å². The molecule has 2 aromatic rings. The van der Waals surface area contributed by atoms with Gasteiger partial charge in [0.2, 0.25) is 11.1 Å². The summed E-state index contributed by atoms with van der Waals surface area (Å²) in [7, 11) is 1.65. The molecule has 0 atom stereocenters. The molecule has 6 nitrogen and oxygen atoms in total. The summed E-state index contributed by atoms with van der Waals surface area (Å²) in [5, 5.41) is 12.0. The van der Waals surface area contributed by atoms with Gasteiger partial charge in [0, 0.05) is 19.2 Å². The molecule has 1 aromatic heterocycles. The normalized spacial score (nSPS) is 11.0. The number of carbonyl (C=O) groups is 1. The zero-order valence-corrected chi connectivity index (χ0v) is 13.5. The quantitative estimate of drug-likeness (QED) is 0.762. The molecule has 0 unspecified atom stereocenters. The molecule has 0 aliphatic heterocycles. The monoisotopic (exact) mass is 323 g/mol. The Labute approximate surface area is 132 Å². The van der Waals surface area contributed by atoms with E-state index in [4.69, 9.17) is 0 Å². The molecule has 0 N–H and O–H groups in total. The Balaban J connectivity index is 1.92.